The Bertz CT molecular complexity index is 1260. The molecule has 4 heterocycles. The first-order valence-corrected chi connectivity index (χ1v) is 13.7. The molecule has 1 saturated heterocycles. The first-order chi connectivity index (χ1) is 18.5. The number of furan rings is 1. The standard InChI is InChI=1S/C26H32N6O5S/c1-29(2)16-20-4-5-21(37-20)17-38-14-9-27-26-22(32(33)34)6-8-25(28-26)31-12-10-30(11-13-31)19-3-7-23-24(15-19)36-18-35-23/h3-8,15H,9-14,16-18H2,1-2H3,(H,27,28). The summed E-state index contributed by atoms with van der Waals surface area (Å²) in [6.07, 6.45) is 0. The summed E-state index contributed by atoms with van der Waals surface area (Å²) < 4.78 is 16.8. The number of benzene rings is 1. The van der Waals surface area contributed by atoms with Crippen molar-refractivity contribution in [2.24, 2.45) is 0 Å². The predicted molar refractivity (Wildman–Crippen MR) is 149 cm³/mol. The van der Waals surface area contributed by atoms with E-state index < -0.39 is 0 Å². The van der Waals surface area contributed by atoms with Crippen LogP contribution >= 0.6 is 11.8 Å². The summed E-state index contributed by atoms with van der Waals surface area (Å²) in [4.78, 5) is 22.4. The molecule has 0 spiro atoms. The topological polar surface area (TPSA) is 109 Å². The number of fused-ring (bicyclic) bond motifs is 1. The Balaban J connectivity index is 1.14. The van der Waals surface area contributed by atoms with Crippen molar-refractivity contribution in [2.75, 3.05) is 74.5 Å². The lowest BCUT2D eigenvalue weighted by Gasteiger charge is -2.36. The SMILES string of the molecule is CN(C)Cc1ccc(CSCCNc2nc(N3CCN(c4ccc5c(c4)OCO5)CC3)ccc2[N+](=O)[O-])o1. The number of nitro groups is 1. The molecule has 2 aliphatic heterocycles. The van der Waals surface area contributed by atoms with Gasteiger partial charge in [0.15, 0.2) is 11.5 Å². The second-order valence-electron chi connectivity index (χ2n) is 9.39. The van der Waals surface area contributed by atoms with Gasteiger partial charge in [0.2, 0.25) is 12.6 Å². The van der Waals surface area contributed by atoms with Crippen LogP contribution in [0.25, 0.3) is 0 Å². The van der Waals surface area contributed by atoms with E-state index in [9.17, 15) is 10.1 Å². The molecule has 0 bridgehead atoms. The summed E-state index contributed by atoms with van der Waals surface area (Å²) in [6, 6.07) is 13.3. The highest BCUT2D eigenvalue weighted by Gasteiger charge is 2.23. The van der Waals surface area contributed by atoms with Gasteiger partial charge in [-0.25, -0.2) is 4.98 Å². The number of anilines is 3. The lowest BCUT2D eigenvalue weighted by molar-refractivity contribution is -0.384. The number of thioether (sulfide) groups is 1. The van der Waals surface area contributed by atoms with E-state index in [1.54, 1.807) is 17.8 Å². The maximum Gasteiger partial charge on any atom is 0.311 e. The monoisotopic (exact) mass is 540 g/mol. The normalized spacial score (nSPS) is 14.8. The minimum absolute atomic E-state index is 0.0166. The third-order valence-electron chi connectivity index (χ3n) is 6.35. The van der Waals surface area contributed by atoms with E-state index in [2.05, 4.69) is 25.0 Å². The van der Waals surface area contributed by atoms with Crippen LogP contribution in [0.3, 0.4) is 0 Å². The molecule has 12 heteroatoms. The average molecular weight is 541 g/mol. The van der Waals surface area contributed by atoms with Crippen molar-refractivity contribution >= 4 is 34.8 Å². The van der Waals surface area contributed by atoms with Crippen molar-refractivity contribution in [2.45, 2.75) is 12.3 Å². The molecule has 2 aliphatic rings. The minimum atomic E-state index is -0.390. The summed E-state index contributed by atoms with van der Waals surface area (Å²) in [5, 5.41) is 14.8. The van der Waals surface area contributed by atoms with Crippen LogP contribution in [0.2, 0.25) is 0 Å². The highest BCUT2D eigenvalue weighted by atomic mass is 32.2. The summed E-state index contributed by atoms with van der Waals surface area (Å²) in [5.41, 5.74) is 1.07. The summed E-state index contributed by atoms with van der Waals surface area (Å²) >= 11 is 1.71. The molecule has 5 rings (SSSR count). The molecule has 1 aromatic carbocycles. The van der Waals surface area contributed by atoms with Gasteiger partial charge >= 0.3 is 5.69 Å². The van der Waals surface area contributed by atoms with Crippen LogP contribution in [0, 0.1) is 10.1 Å². The lowest BCUT2D eigenvalue weighted by atomic mass is 10.2. The number of ether oxygens (including phenoxy) is 2. The minimum Gasteiger partial charge on any atom is -0.464 e. The number of rotatable bonds is 11. The molecule has 1 fully saturated rings. The van der Waals surface area contributed by atoms with Gasteiger partial charge < -0.3 is 33.9 Å². The highest BCUT2D eigenvalue weighted by molar-refractivity contribution is 7.98. The Morgan fingerprint density at radius 1 is 1.03 bits per heavy atom. The Labute approximate surface area is 225 Å². The van der Waals surface area contributed by atoms with E-state index in [1.807, 2.05) is 44.4 Å². The molecule has 0 amide bonds. The van der Waals surface area contributed by atoms with Crippen LogP contribution in [0.4, 0.5) is 23.0 Å². The number of hydrogen-bond donors (Lipinski definition) is 1. The number of nitrogens with one attached hydrogen (secondary N) is 1. The van der Waals surface area contributed by atoms with Gasteiger partial charge in [0.25, 0.3) is 0 Å². The molecule has 0 unspecified atom stereocenters. The van der Waals surface area contributed by atoms with E-state index in [0.717, 1.165) is 78.8 Å². The van der Waals surface area contributed by atoms with Gasteiger partial charge in [0, 0.05) is 56.3 Å². The van der Waals surface area contributed by atoms with Crippen molar-refractivity contribution in [3.05, 3.63) is 64.1 Å². The Morgan fingerprint density at radius 3 is 2.58 bits per heavy atom. The van der Waals surface area contributed by atoms with Crippen molar-refractivity contribution in [3.63, 3.8) is 0 Å². The summed E-state index contributed by atoms with van der Waals surface area (Å²) in [6.45, 7) is 4.72. The van der Waals surface area contributed by atoms with Crippen molar-refractivity contribution < 1.29 is 18.8 Å². The number of pyridine rings is 1. The van der Waals surface area contributed by atoms with E-state index in [1.165, 1.54) is 6.07 Å². The largest absolute Gasteiger partial charge is 0.464 e. The lowest BCUT2D eigenvalue weighted by Crippen LogP contribution is -2.46. The Hall–Kier alpha value is -3.64. The van der Waals surface area contributed by atoms with E-state index in [4.69, 9.17) is 13.9 Å². The fourth-order valence-electron chi connectivity index (χ4n) is 4.48. The molecule has 3 aromatic rings. The maximum atomic E-state index is 11.6. The quantitative estimate of drug-likeness (QED) is 0.216. The smallest absolute Gasteiger partial charge is 0.311 e. The average Bonchev–Trinajstić information content (AvgIpc) is 3.57. The molecule has 0 atom stereocenters. The van der Waals surface area contributed by atoms with Crippen LogP contribution in [0.5, 0.6) is 11.5 Å². The van der Waals surface area contributed by atoms with Gasteiger partial charge in [-0.15, -0.1) is 0 Å². The molecule has 0 aliphatic carbocycles. The Morgan fingerprint density at radius 2 is 1.79 bits per heavy atom. The Kier molecular flexibility index (Phi) is 8.08. The van der Waals surface area contributed by atoms with Crippen LogP contribution in [-0.2, 0) is 12.3 Å². The van der Waals surface area contributed by atoms with Gasteiger partial charge in [-0.2, -0.15) is 11.8 Å². The molecule has 2 aromatic heterocycles. The molecule has 0 radical (unpaired) electrons. The molecular formula is C26H32N6O5S. The van der Waals surface area contributed by atoms with Gasteiger partial charge in [-0.1, -0.05) is 0 Å². The molecule has 202 valence electrons. The molecule has 11 nitrogen and oxygen atoms in total. The molecule has 0 saturated carbocycles. The van der Waals surface area contributed by atoms with E-state index in [0.29, 0.717) is 12.4 Å². The van der Waals surface area contributed by atoms with Crippen molar-refractivity contribution in [1.29, 1.82) is 0 Å². The zero-order valence-corrected chi connectivity index (χ0v) is 22.4. The first-order valence-electron chi connectivity index (χ1n) is 12.6. The fraction of sp³-hybridized carbons (Fsp3) is 0.423. The van der Waals surface area contributed by atoms with Gasteiger partial charge in [0.1, 0.15) is 17.3 Å². The zero-order chi connectivity index (χ0) is 26.5. The number of hydrogen-bond acceptors (Lipinski definition) is 11. The van der Waals surface area contributed by atoms with Crippen molar-refractivity contribution in [1.82, 2.24) is 9.88 Å². The fourth-order valence-corrected chi connectivity index (χ4v) is 5.23. The number of aromatic nitrogens is 1. The highest BCUT2D eigenvalue weighted by Crippen LogP contribution is 2.36. The van der Waals surface area contributed by atoms with Gasteiger partial charge in [-0.3, -0.25) is 10.1 Å². The first kappa shape index (κ1) is 26.0. The van der Waals surface area contributed by atoms with E-state index in [-0.39, 0.29) is 17.4 Å². The third-order valence-corrected chi connectivity index (χ3v) is 7.33. The van der Waals surface area contributed by atoms with Crippen molar-refractivity contribution in [3.8, 4) is 11.5 Å². The summed E-state index contributed by atoms with van der Waals surface area (Å²) in [7, 11) is 4.01. The second-order valence-corrected chi connectivity index (χ2v) is 10.5. The maximum absolute atomic E-state index is 11.6. The molecular weight excluding hydrogens is 508 g/mol. The second kappa shape index (κ2) is 11.8. The van der Waals surface area contributed by atoms with E-state index >= 15 is 0 Å². The van der Waals surface area contributed by atoms with Gasteiger partial charge in [0.05, 0.1) is 17.2 Å². The predicted octanol–water partition coefficient (Wildman–Crippen LogP) is 4.05. The number of piperazine rings is 1. The van der Waals surface area contributed by atoms with Crippen LogP contribution in [0.1, 0.15) is 11.5 Å². The number of nitrogens with zero attached hydrogens (tertiary/aromatic N) is 5. The molecule has 1 N–H and O–H groups in total. The van der Waals surface area contributed by atoms with Crippen LogP contribution in [0.15, 0.2) is 46.9 Å². The van der Waals surface area contributed by atoms with Gasteiger partial charge in [-0.05, 0) is 44.4 Å². The zero-order valence-electron chi connectivity index (χ0n) is 21.6. The third kappa shape index (κ3) is 6.25. The van der Waals surface area contributed by atoms with Crippen LogP contribution < -0.4 is 24.6 Å². The molecule has 38 heavy (non-hydrogen) atoms. The summed E-state index contributed by atoms with van der Waals surface area (Å²) in [5.74, 6) is 5.97. The van der Waals surface area contributed by atoms with Crippen LogP contribution in [-0.4, -0.2) is 74.2 Å².